The lowest BCUT2D eigenvalue weighted by Gasteiger charge is -2.16. The molecule has 0 heterocycles. The van der Waals surface area contributed by atoms with Crippen molar-refractivity contribution in [3.63, 3.8) is 0 Å². The van der Waals surface area contributed by atoms with Gasteiger partial charge in [-0.1, -0.05) is 24.6 Å². The van der Waals surface area contributed by atoms with Crippen LogP contribution in [-0.4, -0.2) is 13.2 Å². The number of methoxy groups -OCH3 is 1. The summed E-state index contributed by atoms with van der Waals surface area (Å²) in [7, 11) is 1.60. The fourth-order valence-corrected chi connectivity index (χ4v) is 3.07. The van der Waals surface area contributed by atoms with Gasteiger partial charge in [-0.15, -0.1) is 0 Å². The van der Waals surface area contributed by atoms with Crippen LogP contribution in [0.1, 0.15) is 31.4 Å². The van der Waals surface area contributed by atoms with Crippen LogP contribution < -0.4 is 14.8 Å². The first-order valence-electron chi connectivity index (χ1n) is 8.11. The molecule has 0 fully saturated rings. The number of hydrogen-bond acceptors (Lipinski definition) is 3. The van der Waals surface area contributed by atoms with Gasteiger partial charge in [0.1, 0.15) is 12.4 Å². The Morgan fingerprint density at radius 3 is 2.68 bits per heavy atom. The van der Waals surface area contributed by atoms with Crippen LogP contribution in [0.5, 0.6) is 11.5 Å². The highest BCUT2D eigenvalue weighted by molar-refractivity contribution is 9.10. The van der Waals surface area contributed by atoms with Gasteiger partial charge in [0.15, 0.2) is 11.5 Å². The molecule has 0 aliphatic heterocycles. The fraction of sp³-hybridized carbons (Fsp3) is 0.368. The van der Waals surface area contributed by atoms with Gasteiger partial charge in [-0.2, -0.15) is 0 Å². The van der Waals surface area contributed by atoms with Crippen molar-refractivity contribution in [1.29, 1.82) is 0 Å². The third-order valence-corrected chi connectivity index (χ3v) is 4.88. The molecule has 1 atom stereocenters. The highest BCUT2D eigenvalue weighted by Gasteiger charge is 2.13. The van der Waals surface area contributed by atoms with Crippen LogP contribution in [0.2, 0.25) is 5.02 Å². The number of benzene rings is 2. The second-order valence-electron chi connectivity index (χ2n) is 5.82. The van der Waals surface area contributed by atoms with Crippen molar-refractivity contribution < 1.29 is 13.9 Å². The summed E-state index contributed by atoms with van der Waals surface area (Å²) in [5.41, 5.74) is 1.80. The largest absolute Gasteiger partial charge is 0.493 e. The number of rotatable bonds is 8. The first-order chi connectivity index (χ1) is 11.9. The van der Waals surface area contributed by atoms with E-state index in [0.717, 1.165) is 23.0 Å². The van der Waals surface area contributed by atoms with E-state index in [1.165, 1.54) is 12.1 Å². The van der Waals surface area contributed by atoms with Crippen molar-refractivity contribution in [2.45, 2.75) is 39.5 Å². The van der Waals surface area contributed by atoms with Crippen molar-refractivity contribution in [3.05, 3.63) is 56.8 Å². The Kier molecular flexibility index (Phi) is 7.54. The summed E-state index contributed by atoms with van der Waals surface area (Å²) >= 11 is 9.59. The average molecular weight is 431 g/mol. The summed E-state index contributed by atoms with van der Waals surface area (Å²) in [6.07, 6.45) is 1.07. The molecule has 0 radical (unpaired) electrons. The maximum Gasteiger partial charge on any atom is 0.175 e. The minimum absolute atomic E-state index is 0.221. The molecule has 0 bridgehead atoms. The molecule has 2 rings (SSSR count). The summed E-state index contributed by atoms with van der Waals surface area (Å²) in [4.78, 5) is 0. The molecular formula is C19H22BrClFNO2. The van der Waals surface area contributed by atoms with E-state index in [1.807, 2.05) is 12.1 Å². The lowest BCUT2D eigenvalue weighted by molar-refractivity contribution is 0.282. The van der Waals surface area contributed by atoms with Gasteiger partial charge in [0, 0.05) is 18.2 Å². The molecule has 0 saturated heterocycles. The van der Waals surface area contributed by atoms with Crippen LogP contribution in [0.25, 0.3) is 0 Å². The van der Waals surface area contributed by atoms with Crippen LogP contribution >= 0.6 is 27.5 Å². The molecule has 2 aromatic carbocycles. The third kappa shape index (κ3) is 5.59. The van der Waals surface area contributed by atoms with Gasteiger partial charge in [-0.05, 0) is 59.1 Å². The second kappa shape index (κ2) is 9.41. The molecular weight excluding hydrogens is 409 g/mol. The van der Waals surface area contributed by atoms with Crippen molar-refractivity contribution >= 4 is 27.5 Å². The molecule has 136 valence electrons. The molecule has 0 aliphatic carbocycles. The Balaban J connectivity index is 2.14. The van der Waals surface area contributed by atoms with Gasteiger partial charge in [-0.25, -0.2) is 4.39 Å². The molecule has 1 N–H and O–H groups in total. The second-order valence-corrected chi connectivity index (χ2v) is 7.09. The van der Waals surface area contributed by atoms with E-state index < -0.39 is 0 Å². The lowest BCUT2D eigenvalue weighted by Crippen LogP contribution is -2.24. The summed E-state index contributed by atoms with van der Waals surface area (Å²) < 4.78 is 25.3. The van der Waals surface area contributed by atoms with Gasteiger partial charge in [0.05, 0.1) is 16.6 Å². The van der Waals surface area contributed by atoms with Crippen LogP contribution in [0.3, 0.4) is 0 Å². The Morgan fingerprint density at radius 2 is 2.04 bits per heavy atom. The number of nitrogens with one attached hydrogen (secondary N) is 1. The zero-order valence-corrected chi connectivity index (χ0v) is 16.9. The number of halogens is 3. The molecule has 2 aromatic rings. The van der Waals surface area contributed by atoms with E-state index >= 15 is 0 Å². The minimum Gasteiger partial charge on any atom is -0.493 e. The zero-order valence-electron chi connectivity index (χ0n) is 14.5. The molecule has 0 saturated carbocycles. The molecule has 0 amide bonds. The maximum absolute atomic E-state index is 13.1. The summed E-state index contributed by atoms with van der Waals surface area (Å²) in [6.45, 7) is 5.26. The van der Waals surface area contributed by atoms with Gasteiger partial charge >= 0.3 is 0 Å². The van der Waals surface area contributed by atoms with E-state index in [1.54, 1.807) is 13.2 Å². The van der Waals surface area contributed by atoms with Crippen LogP contribution in [0, 0.1) is 5.82 Å². The molecule has 0 aromatic heterocycles. The number of hydrogen-bond donors (Lipinski definition) is 1. The van der Waals surface area contributed by atoms with E-state index in [2.05, 4.69) is 35.1 Å². The molecule has 3 nitrogen and oxygen atoms in total. The highest BCUT2D eigenvalue weighted by atomic mass is 79.9. The molecule has 0 aliphatic rings. The van der Waals surface area contributed by atoms with Crippen molar-refractivity contribution in [2.24, 2.45) is 0 Å². The Labute approximate surface area is 161 Å². The Bertz CT molecular complexity index is 727. The van der Waals surface area contributed by atoms with E-state index in [-0.39, 0.29) is 12.4 Å². The van der Waals surface area contributed by atoms with Gasteiger partial charge < -0.3 is 14.8 Å². The lowest BCUT2D eigenvalue weighted by atomic mass is 10.1. The van der Waals surface area contributed by atoms with Crippen LogP contribution in [-0.2, 0) is 13.2 Å². The molecule has 6 heteroatoms. The number of ether oxygens (including phenoxy) is 2. The standard InChI is InChI=1S/C19H22BrClFNO2/c1-4-12(2)23-10-13-7-16(20)19(18(8-13)24-3)25-11-14-5-6-15(22)9-17(14)21/h5-9,12,23H,4,10-11H2,1-3H3/t12-/m0/s1. The summed E-state index contributed by atoms with van der Waals surface area (Å²) in [5, 5.41) is 3.78. The monoisotopic (exact) mass is 429 g/mol. The SMILES string of the molecule is CC[C@H](C)NCc1cc(Br)c(OCc2ccc(F)cc2Cl)c(OC)c1. The van der Waals surface area contributed by atoms with Gasteiger partial charge in [0.25, 0.3) is 0 Å². The molecule has 0 spiro atoms. The predicted octanol–water partition coefficient (Wildman–Crippen LogP) is 5.72. The molecule has 0 unspecified atom stereocenters. The quantitative estimate of drug-likeness (QED) is 0.581. The maximum atomic E-state index is 13.1. The van der Waals surface area contributed by atoms with E-state index in [9.17, 15) is 4.39 Å². The Morgan fingerprint density at radius 1 is 1.28 bits per heavy atom. The molecule has 25 heavy (non-hydrogen) atoms. The van der Waals surface area contributed by atoms with Crippen LogP contribution in [0.15, 0.2) is 34.8 Å². The minimum atomic E-state index is -0.370. The summed E-state index contributed by atoms with van der Waals surface area (Å²) in [5.74, 6) is 0.856. The fourth-order valence-electron chi connectivity index (χ4n) is 2.24. The van der Waals surface area contributed by atoms with Gasteiger partial charge in [0.2, 0.25) is 0 Å². The first kappa shape index (κ1) is 20.0. The van der Waals surface area contributed by atoms with E-state index in [0.29, 0.717) is 28.1 Å². The zero-order chi connectivity index (χ0) is 18.4. The average Bonchev–Trinajstić information content (AvgIpc) is 2.59. The van der Waals surface area contributed by atoms with E-state index in [4.69, 9.17) is 21.1 Å². The normalized spacial score (nSPS) is 12.1. The van der Waals surface area contributed by atoms with Crippen LogP contribution in [0.4, 0.5) is 4.39 Å². The topological polar surface area (TPSA) is 30.5 Å². The Hall–Kier alpha value is -1.30. The predicted molar refractivity (Wildman–Crippen MR) is 103 cm³/mol. The smallest absolute Gasteiger partial charge is 0.175 e. The third-order valence-electron chi connectivity index (χ3n) is 3.94. The van der Waals surface area contributed by atoms with Crippen molar-refractivity contribution in [2.75, 3.05) is 7.11 Å². The highest BCUT2D eigenvalue weighted by Crippen LogP contribution is 2.37. The van der Waals surface area contributed by atoms with Gasteiger partial charge in [-0.3, -0.25) is 0 Å². The summed E-state index contributed by atoms with van der Waals surface area (Å²) in [6, 6.07) is 8.64. The first-order valence-corrected chi connectivity index (χ1v) is 9.28. The van der Waals surface area contributed by atoms with Crippen molar-refractivity contribution in [3.8, 4) is 11.5 Å². The van der Waals surface area contributed by atoms with Crippen molar-refractivity contribution in [1.82, 2.24) is 5.32 Å².